The van der Waals surface area contributed by atoms with E-state index >= 15 is 0 Å². The number of aromatic nitrogens is 1. The van der Waals surface area contributed by atoms with Crippen LogP contribution in [0.5, 0.6) is 0 Å². The molecule has 1 atom stereocenters. The van der Waals surface area contributed by atoms with Crippen LogP contribution in [0.3, 0.4) is 0 Å². The summed E-state index contributed by atoms with van der Waals surface area (Å²) < 4.78 is 2.12. The van der Waals surface area contributed by atoms with Gasteiger partial charge in [-0.3, -0.25) is 4.79 Å². The Morgan fingerprint density at radius 2 is 1.72 bits per heavy atom. The Morgan fingerprint density at radius 1 is 1.00 bits per heavy atom. The van der Waals surface area contributed by atoms with Crippen LogP contribution in [0.4, 0.5) is 5.69 Å². The van der Waals surface area contributed by atoms with E-state index in [0.717, 1.165) is 11.3 Å². The predicted octanol–water partition coefficient (Wildman–Crippen LogP) is 4.83. The quantitative estimate of drug-likeness (QED) is 0.635. The number of hydrogen-bond donors (Lipinski definition) is 0. The van der Waals surface area contributed by atoms with Gasteiger partial charge in [0, 0.05) is 24.6 Å². The molecule has 0 spiro atoms. The molecule has 0 bridgehead atoms. The molecule has 0 aliphatic rings. The van der Waals surface area contributed by atoms with E-state index in [4.69, 9.17) is 0 Å². The zero-order chi connectivity index (χ0) is 17.6. The van der Waals surface area contributed by atoms with Crippen molar-refractivity contribution in [2.75, 3.05) is 11.4 Å². The van der Waals surface area contributed by atoms with Crippen LogP contribution in [0.2, 0.25) is 0 Å². The zero-order valence-corrected chi connectivity index (χ0v) is 14.8. The third-order valence-electron chi connectivity index (χ3n) is 4.47. The minimum Gasteiger partial charge on any atom is -0.346 e. The highest BCUT2D eigenvalue weighted by Crippen LogP contribution is 2.25. The zero-order valence-electron chi connectivity index (χ0n) is 14.8. The molecule has 1 aromatic heterocycles. The normalized spacial score (nSPS) is 11.9. The molecule has 3 aromatic rings. The third-order valence-corrected chi connectivity index (χ3v) is 4.47. The van der Waals surface area contributed by atoms with Crippen molar-refractivity contribution in [1.82, 2.24) is 4.57 Å². The standard InChI is InChI=1S/C22H24N2O/c1-3-24(20-12-5-4-6-13-20)22(25)17-21(23-14-7-8-15-23)19-11-9-10-18(2)16-19/h4-16,21H,3,17H2,1-2H3/t21-/m0/s1. The van der Waals surface area contributed by atoms with Gasteiger partial charge in [-0.1, -0.05) is 48.0 Å². The number of anilines is 1. The Hall–Kier alpha value is -2.81. The van der Waals surface area contributed by atoms with Gasteiger partial charge in [-0.15, -0.1) is 0 Å². The number of amides is 1. The summed E-state index contributed by atoms with van der Waals surface area (Å²) in [4.78, 5) is 14.9. The van der Waals surface area contributed by atoms with Crippen molar-refractivity contribution >= 4 is 11.6 Å². The van der Waals surface area contributed by atoms with Gasteiger partial charge in [-0.05, 0) is 43.7 Å². The summed E-state index contributed by atoms with van der Waals surface area (Å²) in [5.74, 6) is 0.133. The van der Waals surface area contributed by atoms with Gasteiger partial charge in [0.1, 0.15) is 0 Å². The van der Waals surface area contributed by atoms with E-state index in [1.807, 2.05) is 66.7 Å². The number of rotatable bonds is 6. The van der Waals surface area contributed by atoms with Gasteiger partial charge in [0.15, 0.2) is 0 Å². The lowest BCUT2D eigenvalue weighted by Gasteiger charge is -2.25. The number of nitrogens with zero attached hydrogens (tertiary/aromatic N) is 2. The fraction of sp³-hybridized carbons (Fsp3) is 0.227. The van der Waals surface area contributed by atoms with Gasteiger partial charge >= 0.3 is 0 Å². The second-order valence-electron chi connectivity index (χ2n) is 6.24. The maximum absolute atomic E-state index is 13.1. The minimum atomic E-state index is 0.000150. The first kappa shape index (κ1) is 17.0. The van der Waals surface area contributed by atoms with E-state index < -0.39 is 0 Å². The Labute approximate surface area is 149 Å². The number of carbonyl (C=O) groups is 1. The summed E-state index contributed by atoms with van der Waals surface area (Å²) in [6, 6.07) is 22.3. The van der Waals surface area contributed by atoms with Crippen molar-refractivity contribution in [3.63, 3.8) is 0 Å². The SMILES string of the molecule is CCN(C(=O)C[C@@H](c1cccc(C)c1)n1cccc1)c1ccccc1. The fourth-order valence-corrected chi connectivity index (χ4v) is 3.21. The maximum Gasteiger partial charge on any atom is 0.229 e. The van der Waals surface area contributed by atoms with Crippen molar-refractivity contribution in [1.29, 1.82) is 0 Å². The van der Waals surface area contributed by atoms with Crippen LogP contribution in [0.1, 0.15) is 30.5 Å². The average molecular weight is 332 g/mol. The van der Waals surface area contributed by atoms with Crippen LogP contribution < -0.4 is 4.90 Å². The van der Waals surface area contributed by atoms with E-state index in [9.17, 15) is 4.79 Å². The summed E-state index contributed by atoms with van der Waals surface area (Å²) >= 11 is 0. The largest absolute Gasteiger partial charge is 0.346 e. The van der Waals surface area contributed by atoms with E-state index in [0.29, 0.717) is 13.0 Å². The lowest BCUT2D eigenvalue weighted by Crippen LogP contribution is -2.32. The molecular weight excluding hydrogens is 308 g/mol. The highest BCUT2D eigenvalue weighted by atomic mass is 16.2. The monoisotopic (exact) mass is 332 g/mol. The van der Waals surface area contributed by atoms with Crippen molar-refractivity contribution in [2.45, 2.75) is 26.3 Å². The van der Waals surface area contributed by atoms with Crippen molar-refractivity contribution in [3.8, 4) is 0 Å². The van der Waals surface area contributed by atoms with Gasteiger partial charge in [0.05, 0.1) is 12.5 Å². The highest BCUT2D eigenvalue weighted by Gasteiger charge is 2.21. The lowest BCUT2D eigenvalue weighted by molar-refractivity contribution is -0.119. The molecule has 25 heavy (non-hydrogen) atoms. The number of hydrogen-bond acceptors (Lipinski definition) is 1. The molecule has 1 amide bonds. The van der Waals surface area contributed by atoms with Crippen LogP contribution in [0.25, 0.3) is 0 Å². The number of aryl methyl sites for hydroxylation is 1. The van der Waals surface area contributed by atoms with Gasteiger partial charge < -0.3 is 9.47 Å². The molecule has 2 aromatic carbocycles. The summed E-state index contributed by atoms with van der Waals surface area (Å²) in [5, 5.41) is 0. The van der Waals surface area contributed by atoms with Crippen molar-refractivity contribution in [2.24, 2.45) is 0 Å². The second-order valence-corrected chi connectivity index (χ2v) is 6.24. The molecule has 3 heteroatoms. The maximum atomic E-state index is 13.1. The topological polar surface area (TPSA) is 25.2 Å². The molecule has 0 saturated heterocycles. The summed E-state index contributed by atoms with van der Waals surface area (Å²) in [5.41, 5.74) is 3.32. The summed E-state index contributed by atoms with van der Waals surface area (Å²) in [6.45, 7) is 4.76. The fourth-order valence-electron chi connectivity index (χ4n) is 3.21. The molecule has 0 saturated carbocycles. The van der Waals surface area contributed by atoms with Crippen LogP contribution in [0.15, 0.2) is 79.1 Å². The smallest absolute Gasteiger partial charge is 0.229 e. The Kier molecular flexibility index (Phi) is 5.34. The molecular formula is C22H24N2O. The van der Waals surface area contributed by atoms with Gasteiger partial charge in [-0.2, -0.15) is 0 Å². The van der Waals surface area contributed by atoms with Crippen LogP contribution >= 0.6 is 0 Å². The summed E-state index contributed by atoms with van der Waals surface area (Å²) in [7, 11) is 0. The van der Waals surface area contributed by atoms with Crippen LogP contribution in [-0.2, 0) is 4.79 Å². The van der Waals surface area contributed by atoms with E-state index in [-0.39, 0.29) is 11.9 Å². The van der Waals surface area contributed by atoms with Crippen LogP contribution in [0, 0.1) is 6.92 Å². The first-order chi connectivity index (χ1) is 12.2. The van der Waals surface area contributed by atoms with Gasteiger partial charge in [0.2, 0.25) is 5.91 Å². The average Bonchev–Trinajstić information content (AvgIpc) is 3.15. The highest BCUT2D eigenvalue weighted by molar-refractivity contribution is 5.93. The molecule has 0 fully saturated rings. The third kappa shape index (κ3) is 4.00. The number of para-hydroxylation sites is 1. The molecule has 128 valence electrons. The first-order valence-corrected chi connectivity index (χ1v) is 8.73. The first-order valence-electron chi connectivity index (χ1n) is 8.73. The Bertz CT molecular complexity index is 809. The molecule has 0 N–H and O–H groups in total. The number of benzene rings is 2. The molecule has 3 nitrogen and oxygen atoms in total. The second kappa shape index (κ2) is 7.84. The molecule has 3 rings (SSSR count). The Morgan fingerprint density at radius 3 is 2.36 bits per heavy atom. The van der Waals surface area contributed by atoms with E-state index in [1.54, 1.807) is 0 Å². The van der Waals surface area contributed by atoms with Gasteiger partial charge in [0.25, 0.3) is 0 Å². The van der Waals surface area contributed by atoms with Crippen molar-refractivity contribution < 1.29 is 4.79 Å². The molecule has 0 unspecified atom stereocenters. The predicted molar refractivity (Wildman–Crippen MR) is 103 cm³/mol. The van der Waals surface area contributed by atoms with Gasteiger partial charge in [-0.25, -0.2) is 0 Å². The lowest BCUT2D eigenvalue weighted by atomic mass is 10.0. The molecule has 1 heterocycles. The van der Waals surface area contributed by atoms with Crippen LogP contribution in [-0.4, -0.2) is 17.0 Å². The van der Waals surface area contributed by atoms with E-state index in [1.165, 1.54) is 5.56 Å². The summed E-state index contributed by atoms with van der Waals surface area (Å²) in [6.07, 6.45) is 4.49. The van der Waals surface area contributed by atoms with Crippen molar-refractivity contribution in [3.05, 3.63) is 90.3 Å². The minimum absolute atomic E-state index is 0.000150. The molecule has 0 radical (unpaired) electrons. The van der Waals surface area contributed by atoms with E-state index in [2.05, 4.69) is 35.8 Å². The molecule has 0 aliphatic carbocycles. The number of carbonyl (C=O) groups excluding carboxylic acids is 1. The molecule has 0 aliphatic heterocycles. The Balaban J connectivity index is 1.88.